The molecular weight excluding hydrogens is 428 g/mol. The summed E-state index contributed by atoms with van der Waals surface area (Å²) in [4.78, 5) is 41.7. The number of aliphatic imine (C=N–C) groups is 1. The Bertz CT molecular complexity index is 886. The van der Waals surface area contributed by atoms with E-state index in [2.05, 4.69) is 31.5 Å². The summed E-state index contributed by atoms with van der Waals surface area (Å²) in [7, 11) is 0. The van der Waals surface area contributed by atoms with Gasteiger partial charge in [-0.2, -0.15) is 0 Å². The fourth-order valence-electron chi connectivity index (χ4n) is 3.59. The van der Waals surface area contributed by atoms with Crippen molar-refractivity contribution in [2.24, 2.45) is 33.2 Å². The third-order valence-electron chi connectivity index (χ3n) is 5.18. The van der Waals surface area contributed by atoms with Gasteiger partial charge in [-0.15, -0.1) is 5.10 Å². The SMILES string of the molecule is N/N=C(\NN)NC(=O)CCC(=O)NC1(C(=O)NCCCCN=C(N)N)Cc2ccccc2C1. The number of rotatable bonds is 10. The van der Waals surface area contributed by atoms with Gasteiger partial charge in [0.15, 0.2) is 5.96 Å². The van der Waals surface area contributed by atoms with Crippen molar-refractivity contribution >= 4 is 29.6 Å². The highest BCUT2D eigenvalue weighted by Crippen LogP contribution is 2.30. The summed E-state index contributed by atoms with van der Waals surface area (Å²) < 4.78 is 0. The lowest BCUT2D eigenvalue weighted by molar-refractivity contribution is -0.134. The Balaban J connectivity index is 1.97. The molecule has 13 heteroatoms. The number of hydrazone groups is 1. The molecule has 1 aromatic carbocycles. The van der Waals surface area contributed by atoms with Gasteiger partial charge in [0.05, 0.1) is 0 Å². The van der Waals surface area contributed by atoms with Crippen LogP contribution in [0, 0.1) is 0 Å². The second-order valence-corrected chi connectivity index (χ2v) is 7.69. The minimum Gasteiger partial charge on any atom is -0.370 e. The third-order valence-corrected chi connectivity index (χ3v) is 5.18. The molecule has 1 aromatic rings. The Morgan fingerprint density at radius 1 is 1.00 bits per heavy atom. The molecule has 2 rings (SSSR count). The molecular formula is C20H32N10O3. The van der Waals surface area contributed by atoms with Crippen LogP contribution in [-0.2, 0) is 27.2 Å². The van der Waals surface area contributed by atoms with E-state index in [1.165, 1.54) is 0 Å². The quantitative estimate of drug-likeness (QED) is 0.0605. The highest BCUT2D eigenvalue weighted by Gasteiger charge is 2.44. The van der Waals surface area contributed by atoms with Gasteiger partial charge in [0.25, 0.3) is 0 Å². The van der Waals surface area contributed by atoms with Crippen molar-refractivity contribution in [3.05, 3.63) is 35.4 Å². The number of hydrogen-bond donors (Lipinski definition) is 8. The number of nitrogens with one attached hydrogen (secondary N) is 4. The molecule has 0 unspecified atom stereocenters. The maximum atomic E-state index is 13.1. The van der Waals surface area contributed by atoms with Crippen LogP contribution in [0.15, 0.2) is 34.4 Å². The van der Waals surface area contributed by atoms with E-state index in [0.717, 1.165) is 11.1 Å². The van der Waals surface area contributed by atoms with Gasteiger partial charge in [0.1, 0.15) is 5.54 Å². The van der Waals surface area contributed by atoms with Crippen LogP contribution in [0.3, 0.4) is 0 Å². The summed E-state index contributed by atoms with van der Waals surface area (Å²) in [6.45, 7) is 0.895. The van der Waals surface area contributed by atoms with E-state index in [1.54, 1.807) is 0 Å². The van der Waals surface area contributed by atoms with E-state index in [4.69, 9.17) is 23.2 Å². The number of hydrogen-bond acceptors (Lipinski definition) is 7. The Labute approximate surface area is 191 Å². The largest absolute Gasteiger partial charge is 0.370 e. The van der Waals surface area contributed by atoms with Crippen molar-refractivity contribution in [3.8, 4) is 0 Å². The van der Waals surface area contributed by atoms with Crippen LogP contribution in [0.25, 0.3) is 0 Å². The molecule has 0 heterocycles. The minimum absolute atomic E-state index is 0.0314. The van der Waals surface area contributed by atoms with Crippen LogP contribution in [0.5, 0.6) is 0 Å². The van der Waals surface area contributed by atoms with Crippen LogP contribution >= 0.6 is 0 Å². The van der Waals surface area contributed by atoms with E-state index >= 15 is 0 Å². The van der Waals surface area contributed by atoms with E-state index in [1.807, 2.05) is 24.3 Å². The standard InChI is InChI=1S/C20H32N10O3/c21-18(22)26-10-4-3-9-25-17(33)20(11-13-5-1-2-6-14(13)12-20)28-16(32)8-7-15(31)27-19(29-23)30-24/h1-2,5-6H,3-4,7-12,23-24H2,(H,25,33)(H,28,32)(H4,21,22,26)(H2,27,29,30,31). The van der Waals surface area contributed by atoms with Crippen molar-refractivity contribution in [3.63, 3.8) is 0 Å². The summed E-state index contributed by atoms with van der Waals surface area (Å²) in [5.74, 6) is 8.92. The smallest absolute Gasteiger partial charge is 0.246 e. The van der Waals surface area contributed by atoms with E-state index in [0.29, 0.717) is 38.8 Å². The average molecular weight is 461 g/mol. The molecule has 0 aliphatic heterocycles. The molecule has 0 radical (unpaired) electrons. The van der Waals surface area contributed by atoms with Gasteiger partial charge in [-0.3, -0.25) is 30.1 Å². The molecule has 1 aliphatic rings. The van der Waals surface area contributed by atoms with Crippen molar-refractivity contribution in [2.75, 3.05) is 13.1 Å². The van der Waals surface area contributed by atoms with Gasteiger partial charge in [0.2, 0.25) is 23.7 Å². The Kier molecular flexibility index (Phi) is 9.42. The molecule has 0 fully saturated rings. The maximum absolute atomic E-state index is 13.1. The lowest BCUT2D eigenvalue weighted by Crippen LogP contribution is -2.60. The van der Waals surface area contributed by atoms with Gasteiger partial charge in [-0.05, 0) is 24.0 Å². The first-order valence-corrected chi connectivity index (χ1v) is 10.6. The van der Waals surface area contributed by atoms with Gasteiger partial charge < -0.3 is 27.9 Å². The number of nitrogens with two attached hydrogens (primary N) is 4. The zero-order valence-corrected chi connectivity index (χ0v) is 18.4. The first kappa shape index (κ1) is 25.4. The molecule has 13 nitrogen and oxygen atoms in total. The molecule has 0 spiro atoms. The molecule has 0 atom stereocenters. The summed E-state index contributed by atoms with van der Waals surface area (Å²) in [6, 6.07) is 7.66. The van der Waals surface area contributed by atoms with Gasteiger partial charge in [-0.1, -0.05) is 24.3 Å². The monoisotopic (exact) mass is 460 g/mol. The molecule has 0 aromatic heterocycles. The number of unbranched alkanes of at least 4 members (excludes halogenated alkanes) is 1. The predicted molar refractivity (Wildman–Crippen MR) is 124 cm³/mol. The fraction of sp³-hybridized carbons (Fsp3) is 0.450. The first-order valence-electron chi connectivity index (χ1n) is 10.6. The topological polar surface area (TPSA) is 228 Å². The fourth-order valence-corrected chi connectivity index (χ4v) is 3.59. The molecule has 1 aliphatic carbocycles. The second-order valence-electron chi connectivity index (χ2n) is 7.69. The number of nitrogens with zero attached hydrogens (tertiary/aromatic N) is 2. The number of guanidine groups is 2. The highest BCUT2D eigenvalue weighted by molar-refractivity contribution is 5.98. The predicted octanol–water partition coefficient (Wildman–Crippen LogP) is -2.60. The van der Waals surface area contributed by atoms with Crippen molar-refractivity contribution in [1.82, 2.24) is 21.4 Å². The van der Waals surface area contributed by atoms with Gasteiger partial charge >= 0.3 is 0 Å². The minimum atomic E-state index is -1.13. The Morgan fingerprint density at radius 2 is 1.64 bits per heavy atom. The lowest BCUT2D eigenvalue weighted by Gasteiger charge is -2.29. The molecule has 0 bridgehead atoms. The Morgan fingerprint density at radius 3 is 2.21 bits per heavy atom. The van der Waals surface area contributed by atoms with Crippen molar-refractivity contribution in [1.29, 1.82) is 0 Å². The van der Waals surface area contributed by atoms with Crippen molar-refractivity contribution in [2.45, 2.75) is 44.1 Å². The maximum Gasteiger partial charge on any atom is 0.246 e. The van der Waals surface area contributed by atoms with E-state index in [-0.39, 0.29) is 30.7 Å². The van der Waals surface area contributed by atoms with Crippen LogP contribution in [-0.4, -0.2) is 48.3 Å². The molecule has 0 saturated carbocycles. The zero-order chi connectivity index (χ0) is 24.3. The lowest BCUT2D eigenvalue weighted by atomic mass is 9.93. The van der Waals surface area contributed by atoms with Crippen LogP contribution < -0.4 is 44.5 Å². The van der Waals surface area contributed by atoms with E-state index < -0.39 is 17.4 Å². The van der Waals surface area contributed by atoms with E-state index in [9.17, 15) is 14.4 Å². The summed E-state index contributed by atoms with van der Waals surface area (Å²) in [5.41, 5.74) is 13.6. The summed E-state index contributed by atoms with van der Waals surface area (Å²) >= 11 is 0. The zero-order valence-electron chi connectivity index (χ0n) is 18.4. The summed E-state index contributed by atoms with van der Waals surface area (Å²) in [6.07, 6.45) is 1.85. The molecule has 180 valence electrons. The number of fused-ring (bicyclic) bond motifs is 1. The number of hydrazine groups is 1. The van der Waals surface area contributed by atoms with Crippen LogP contribution in [0.4, 0.5) is 0 Å². The molecule has 12 N–H and O–H groups in total. The van der Waals surface area contributed by atoms with Crippen LogP contribution in [0.2, 0.25) is 0 Å². The van der Waals surface area contributed by atoms with Crippen molar-refractivity contribution < 1.29 is 14.4 Å². The van der Waals surface area contributed by atoms with Gasteiger partial charge in [0, 0.05) is 38.8 Å². The Hall–Kier alpha value is -3.87. The average Bonchev–Trinajstić information content (AvgIpc) is 3.17. The van der Waals surface area contributed by atoms with Gasteiger partial charge in [-0.25, -0.2) is 5.84 Å². The molecule has 3 amide bonds. The summed E-state index contributed by atoms with van der Waals surface area (Å²) in [5, 5.41) is 11.3. The second kappa shape index (κ2) is 12.2. The number of benzene rings is 1. The first-order chi connectivity index (χ1) is 15.8. The third kappa shape index (κ3) is 7.64. The molecule has 0 saturated heterocycles. The number of amides is 3. The van der Waals surface area contributed by atoms with Crippen LogP contribution in [0.1, 0.15) is 36.8 Å². The normalized spacial score (nSPS) is 14.0. The number of carbonyl (C=O) groups is 3. The number of carbonyl (C=O) groups excluding carboxylic acids is 3. The molecule has 33 heavy (non-hydrogen) atoms. The highest BCUT2D eigenvalue weighted by atomic mass is 16.2.